The van der Waals surface area contributed by atoms with Crippen LogP contribution in [-0.2, 0) is 9.84 Å². The van der Waals surface area contributed by atoms with E-state index in [4.69, 9.17) is 0 Å². The molecule has 0 fully saturated rings. The van der Waals surface area contributed by atoms with Gasteiger partial charge in [-0.15, -0.1) is 0 Å². The summed E-state index contributed by atoms with van der Waals surface area (Å²) in [6, 6.07) is 10.1. The number of carbonyl (C=O) groups excluding carboxylic acids is 1. The lowest BCUT2D eigenvalue weighted by Gasteiger charge is -2.02. The highest BCUT2D eigenvalue weighted by Crippen LogP contribution is 2.28. The first kappa shape index (κ1) is 18.0. The second-order valence-corrected chi connectivity index (χ2v) is 8.55. The molecule has 0 spiro atoms. The lowest BCUT2D eigenvalue weighted by atomic mass is 10.1. The molecular formula is C16H13N3O5S2. The van der Waals surface area contributed by atoms with Gasteiger partial charge in [0, 0.05) is 24.0 Å². The van der Waals surface area contributed by atoms with E-state index in [1.807, 2.05) is 0 Å². The molecule has 0 atom stereocenters. The van der Waals surface area contributed by atoms with Crippen molar-refractivity contribution in [2.45, 2.75) is 4.90 Å². The van der Waals surface area contributed by atoms with Crippen molar-refractivity contribution in [1.29, 1.82) is 0 Å². The average molecular weight is 391 g/mol. The van der Waals surface area contributed by atoms with E-state index in [1.54, 1.807) is 6.07 Å². The molecule has 0 radical (unpaired) electrons. The topological polar surface area (TPSA) is 119 Å². The Hall–Kier alpha value is -2.85. The first-order valence-corrected chi connectivity index (χ1v) is 10.1. The predicted octanol–water partition coefficient (Wildman–Crippen LogP) is 2.90. The van der Waals surface area contributed by atoms with Gasteiger partial charge in [-0.05, 0) is 18.2 Å². The van der Waals surface area contributed by atoms with Gasteiger partial charge in [0.25, 0.3) is 5.69 Å². The fourth-order valence-corrected chi connectivity index (χ4v) is 3.88. The largest absolute Gasteiger partial charge is 0.354 e. The van der Waals surface area contributed by atoms with E-state index in [1.165, 1.54) is 47.7 Å². The van der Waals surface area contributed by atoms with Crippen LogP contribution in [0.15, 0.2) is 47.4 Å². The third-order valence-electron chi connectivity index (χ3n) is 3.57. The molecule has 1 heterocycles. The van der Waals surface area contributed by atoms with E-state index in [2.05, 4.69) is 10.3 Å². The summed E-state index contributed by atoms with van der Waals surface area (Å²) in [7, 11) is -3.31. The van der Waals surface area contributed by atoms with Gasteiger partial charge in [0.1, 0.15) is 0 Å². The number of anilines is 1. The van der Waals surface area contributed by atoms with Gasteiger partial charge >= 0.3 is 0 Å². The van der Waals surface area contributed by atoms with Crippen LogP contribution in [0.25, 0.3) is 10.2 Å². The number of nitrogens with zero attached hydrogens (tertiary/aromatic N) is 2. The molecule has 0 unspecified atom stereocenters. The molecular weight excluding hydrogens is 378 g/mol. The van der Waals surface area contributed by atoms with Gasteiger partial charge in [0.2, 0.25) is 0 Å². The fraction of sp³-hybridized carbons (Fsp3) is 0.125. The highest BCUT2D eigenvalue weighted by molar-refractivity contribution is 7.90. The number of fused-ring (bicyclic) bond motifs is 1. The second-order valence-electron chi connectivity index (χ2n) is 5.50. The zero-order chi connectivity index (χ0) is 18.9. The molecule has 0 amide bonds. The Morgan fingerprint density at radius 3 is 2.73 bits per heavy atom. The van der Waals surface area contributed by atoms with Crippen LogP contribution in [0, 0.1) is 10.1 Å². The Kier molecular flexibility index (Phi) is 4.70. The van der Waals surface area contributed by atoms with Crippen molar-refractivity contribution >= 4 is 48.0 Å². The number of sulfone groups is 1. The van der Waals surface area contributed by atoms with Crippen molar-refractivity contribution < 1.29 is 18.1 Å². The lowest BCUT2D eigenvalue weighted by Crippen LogP contribution is -2.13. The number of thiazole rings is 1. The molecule has 2 aromatic carbocycles. The van der Waals surface area contributed by atoms with Crippen LogP contribution in [0.5, 0.6) is 0 Å². The van der Waals surface area contributed by atoms with Crippen LogP contribution in [-0.4, -0.2) is 36.9 Å². The van der Waals surface area contributed by atoms with Crippen LogP contribution >= 0.6 is 11.3 Å². The minimum Gasteiger partial charge on any atom is -0.354 e. The Balaban J connectivity index is 1.76. The average Bonchev–Trinajstić information content (AvgIpc) is 3.01. The first-order valence-electron chi connectivity index (χ1n) is 7.36. The van der Waals surface area contributed by atoms with Gasteiger partial charge in [0.05, 0.1) is 26.6 Å². The number of aromatic nitrogens is 1. The third kappa shape index (κ3) is 3.86. The number of nitrogens with one attached hydrogen (secondary N) is 1. The number of nitro benzene ring substituents is 1. The molecule has 0 saturated carbocycles. The van der Waals surface area contributed by atoms with E-state index in [0.717, 1.165) is 6.26 Å². The highest BCUT2D eigenvalue weighted by atomic mass is 32.2. The number of nitro groups is 1. The number of hydrogen-bond donors (Lipinski definition) is 1. The zero-order valence-electron chi connectivity index (χ0n) is 13.5. The standard InChI is InChI=1S/C16H13N3O5S2/c1-26(23,24)12-5-6-13-15(8-12)25-16(18-13)17-9-14(20)10-3-2-4-11(7-10)19(21)22/h2-8H,9H2,1H3,(H,17,18). The predicted molar refractivity (Wildman–Crippen MR) is 98.6 cm³/mol. The van der Waals surface area contributed by atoms with Crippen molar-refractivity contribution in [3.63, 3.8) is 0 Å². The SMILES string of the molecule is CS(=O)(=O)c1ccc2nc(NCC(=O)c3cccc([N+](=O)[O-])c3)sc2c1. The number of non-ortho nitro benzene ring substituents is 1. The molecule has 134 valence electrons. The van der Waals surface area contributed by atoms with Gasteiger partial charge < -0.3 is 5.32 Å². The van der Waals surface area contributed by atoms with Crippen molar-refractivity contribution in [3.8, 4) is 0 Å². The van der Waals surface area contributed by atoms with Crippen molar-refractivity contribution in [1.82, 2.24) is 4.98 Å². The number of Topliss-reactive ketones (excluding diaryl/α,β-unsaturated/α-hetero) is 1. The Bertz CT molecular complexity index is 1120. The van der Waals surface area contributed by atoms with E-state index in [-0.39, 0.29) is 28.5 Å². The molecule has 8 nitrogen and oxygen atoms in total. The van der Waals surface area contributed by atoms with Crippen molar-refractivity contribution in [3.05, 3.63) is 58.1 Å². The summed E-state index contributed by atoms with van der Waals surface area (Å²) in [5.41, 5.74) is 0.698. The maximum absolute atomic E-state index is 12.2. The van der Waals surface area contributed by atoms with Gasteiger partial charge in [-0.25, -0.2) is 13.4 Å². The smallest absolute Gasteiger partial charge is 0.270 e. The van der Waals surface area contributed by atoms with Gasteiger partial charge in [-0.3, -0.25) is 14.9 Å². The summed E-state index contributed by atoms with van der Waals surface area (Å²) in [6.07, 6.45) is 1.13. The molecule has 1 N–H and O–H groups in total. The Morgan fingerprint density at radius 2 is 2.04 bits per heavy atom. The van der Waals surface area contributed by atoms with Crippen LogP contribution in [0.3, 0.4) is 0 Å². The molecule has 3 rings (SSSR count). The first-order chi connectivity index (χ1) is 12.2. The molecule has 3 aromatic rings. The van der Waals surface area contributed by atoms with E-state index >= 15 is 0 Å². The van der Waals surface area contributed by atoms with Gasteiger partial charge in [0.15, 0.2) is 20.8 Å². The number of rotatable bonds is 6. The van der Waals surface area contributed by atoms with E-state index in [9.17, 15) is 23.3 Å². The minimum absolute atomic E-state index is 0.0834. The molecule has 26 heavy (non-hydrogen) atoms. The number of ketones is 1. The summed E-state index contributed by atoms with van der Waals surface area (Å²) < 4.78 is 23.9. The fourth-order valence-electron chi connectivity index (χ4n) is 2.26. The molecule has 0 aliphatic carbocycles. The van der Waals surface area contributed by atoms with Crippen LogP contribution in [0.1, 0.15) is 10.4 Å². The Labute approximate surface area is 152 Å². The summed E-state index contributed by atoms with van der Waals surface area (Å²) in [4.78, 5) is 26.9. The second kappa shape index (κ2) is 6.81. The molecule has 0 bridgehead atoms. The number of hydrogen-bond acceptors (Lipinski definition) is 8. The third-order valence-corrected chi connectivity index (χ3v) is 5.65. The molecule has 0 aliphatic heterocycles. The summed E-state index contributed by atoms with van der Waals surface area (Å²) in [6.45, 7) is -0.0834. The van der Waals surface area contributed by atoms with Crippen molar-refractivity contribution in [2.75, 3.05) is 18.1 Å². The molecule has 1 aromatic heterocycles. The number of carbonyl (C=O) groups is 1. The molecule has 0 aliphatic rings. The van der Waals surface area contributed by atoms with Gasteiger partial charge in [-0.1, -0.05) is 23.5 Å². The maximum Gasteiger partial charge on any atom is 0.270 e. The highest BCUT2D eigenvalue weighted by Gasteiger charge is 2.13. The number of benzene rings is 2. The van der Waals surface area contributed by atoms with Gasteiger partial charge in [-0.2, -0.15) is 0 Å². The summed E-state index contributed by atoms with van der Waals surface area (Å²) in [5.74, 6) is -0.315. The summed E-state index contributed by atoms with van der Waals surface area (Å²) >= 11 is 1.23. The lowest BCUT2D eigenvalue weighted by molar-refractivity contribution is -0.384. The zero-order valence-corrected chi connectivity index (χ0v) is 15.1. The maximum atomic E-state index is 12.2. The summed E-state index contributed by atoms with van der Waals surface area (Å²) in [5, 5.41) is 14.1. The van der Waals surface area contributed by atoms with Crippen LogP contribution in [0.2, 0.25) is 0 Å². The Morgan fingerprint density at radius 1 is 1.27 bits per heavy atom. The van der Waals surface area contributed by atoms with Crippen LogP contribution in [0.4, 0.5) is 10.8 Å². The van der Waals surface area contributed by atoms with E-state index in [0.29, 0.717) is 15.3 Å². The minimum atomic E-state index is -3.31. The molecule has 10 heteroatoms. The quantitative estimate of drug-likeness (QED) is 0.390. The monoisotopic (exact) mass is 391 g/mol. The van der Waals surface area contributed by atoms with Crippen LogP contribution < -0.4 is 5.32 Å². The van der Waals surface area contributed by atoms with Crippen molar-refractivity contribution in [2.24, 2.45) is 0 Å². The normalized spacial score (nSPS) is 11.4. The molecule has 0 saturated heterocycles. The van der Waals surface area contributed by atoms with E-state index < -0.39 is 14.8 Å².